The average molecular weight is 401 g/mol. The van der Waals surface area contributed by atoms with Crippen molar-refractivity contribution in [2.45, 2.75) is 12.5 Å². The van der Waals surface area contributed by atoms with Crippen LogP contribution < -0.4 is 5.32 Å². The van der Waals surface area contributed by atoms with Crippen LogP contribution in [0.2, 0.25) is 0 Å². The molecular formula is C20H17F2N3O2S. The van der Waals surface area contributed by atoms with Gasteiger partial charge in [0.1, 0.15) is 17.7 Å². The maximum Gasteiger partial charge on any atom is 0.248 e. The molecule has 1 saturated heterocycles. The van der Waals surface area contributed by atoms with Crippen LogP contribution in [0.3, 0.4) is 0 Å². The average Bonchev–Trinajstić information content (AvgIpc) is 3.29. The molecule has 4 rings (SSSR count). The summed E-state index contributed by atoms with van der Waals surface area (Å²) in [6.45, 7) is 0. The normalized spacial score (nSPS) is 16.5. The van der Waals surface area contributed by atoms with Gasteiger partial charge < -0.3 is 15.2 Å². The minimum Gasteiger partial charge on any atom is -0.361 e. The Hall–Kier alpha value is -2.87. The number of hydrogen-bond donors (Lipinski definition) is 2. The van der Waals surface area contributed by atoms with E-state index in [1.165, 1.54) is 47.0 Å². The molecule has 0 radical (unpaired) electrons. The predicted octanol–water partition coefficient (Wildman–Crippen LogP) is 3.53. The van der Waals surface area contributed by atoms with Crippen LogP contribution in [0.25, 0.3) is 10.9 Å². The third-order valence-electron chi connectivity index (χ3n) is 4.67. The van der Waals surface area contributed by atoms with Gasteiger partial charge >= 0.3 is 0 Å². The van der Waals surface area contributed by atoms with E-state index < -0.39 is 11.9 Å². The van der Waals surface area contributed by atoms with Crippen molar-refractivity contribution < 1.29 is 18.4 Å². The molecule has 0 bridgehead atoms. The third kappa shape index (κ3) is 3.73. The van der Waals surface area contributed by atoms with Crippen molar-refractivity contribution in [2.75, 3.05) is 16.9 Å². The standard InChI is InChI=1S/C20H17F2N3O2S/c21-13-2-1-3-15(7-13)24-20(27)18-10-28-11-25(18)19(26)6-12-9-23-17-8-14(22)4-5-16(12)17/h1-5,7-9,18,23H,6,10-11H2,(H,24,27). The summed E-state index contributed by atoms with van der Waals surface area (Å²) in [6, 6.07) is 9.38. The molecule has 1 unspecified atom stereocenters. The summed E-state index contributed by atoms with van der Waals surface area (Å²) in [4.78, 5) is 29.9. The highest BCUT2D eigenvalue weighted by Gasteiger charge is 2.34. The van der Waals surface area contributed by atoms with E-state index in [4.69, 9.17) is 0 Å². The predicted molar refractivity (Wildman–Crippen MR) is 105 cm³/mol. The van der Waals surface area contributed by atoms with Crippen molar-refractivity contribution in [3.05, 3.63) is 65.9 Å². The molecule has 1 aromatic heterocycles. The van der Waals surface area contributed by atoms with Gasteiger partial charge in [0, 0.05) is 28.5 Å². The van der Waals surface area contributed by atoms with Crippen LogP contribution in [0.4, 0.5) is 14.5 Å². The molecule has 144 valence electrons. The van der Waals surface area contributed by atoms with Crippen LogP contribution in [-0.4, -0.2) is 39.4 Å². The van der Waals surface area contributed by atoms with Crippen molar-refractivity contribution in [3.63, 3.8) is 0 Å². The Labute approximate surface area is 164 Å². The van der Waals surface area contributed by atoms with Gasteiger partial charge in [-0.1, -0.05) is 6.07 Å². The molecule has 1 aliphatic heterocycles. The fourth-order valence-corrected chi connectivity index (χ4v) is 4.45. The van der Waals surface area contributed by atoms with E-state index in [9.17, 15) is 18.4 Å². The molecule has 1 aliphatic rings. The van der Waals surface area contributed by atoms with Gasteiger partial charge in [0.15, 0.2) is 0 Å². The lowest BCUT2D eigenvalue weighted by molar-refractivity contribution is -0.135. The number of amides is 2. The summed E-state index contributed by atoms with van der Waals surface area (Å²) in [5.41, 5.74) is 1.73. The van der Waals surface area contributed by atoms with Gasteiger partial charge in [-0.05, 0) is 42.0 Å². The lowest BCUT2D eigenvalue weighted by Gasteiger charge is -2.23. The topological polar surface area (TPSA) is 65.2 Å². The van der Waals surface area contributed by atoms with Crippen molar-refractivity contribution in [3.8, 4) is 0 Å². The fraction of sp³-hybridized carbons (Fsp3) is 0.200. The first kappa shape index (κ1) is 18.5. The first-order valence-corrected chi connectivity index (χ1v) is 9.86. The summed E-state index contributed by atoms with van der Waals surface area (Å²) in [6.07, 6.45) is 1.79. The maximum absolute atomic E-state index is 13.3. The molecule has 2 N–H and O–H groups in total. The minimum absolute atomic E-state index is 0.107. The summed E-state index contributed by atoms with van der Waals surface area (Å²) >= 11 is 1.49. The second kappa shape index (κ2) is 7.63. The number of thioether (sulfide) groups is 1. The maximum atomic E-state index is 13.3. The van der Waals surface area contributed by atoms with E-state index in [1.807, 2.05) is 0 Å². The number of H-pyrrole nitrogens is 1. The number of aromatic nitrogens is 1. The van der Waals surface area contributed by atoms with Crippen molar-refractivity contribution in [1.82, 2.24) is 9.88 Å². The number of carbonyl (C=O) groups is 2. The first-order chi connectivity index (χ1) is 13.5. The molecule has 0 spiro atoms. The van der Waals surface area contributed by atoms with Gasteiger partial charge in [-0.2, -0.15) is 0 Å². The van der Waals surface area contributed by atoms with E-state index in [2.05, 4.69) is 10.3 Å². The van der Waals surface area contributed by atoms with Crippen molar-refractivity contribution in [2.24, 2.45) is 0 Å². The number of fused-ring (bicyclic) bond motifs is 1. The van der Waals surface area contributed by atoms with E-state index in [-0.39, 0.29) is 24.1 Å². The molecule has 3 aromatic rings. The summed E-state index contributed by atoms with van der Waals surface area (Å²) < 4.78 is 26.6. The van der Waals surface area contributed by atoms with Gasteiger partial charge in [0.2, 0.25) is 11.8 Å². The monoisotopic (exact) mass is 401 g/mol. The SMILES string of the molecule is O=C(Nc1cccc(F)c1)C1CSCN1C(=O)Cc1c[nH]c2cc(F)ccc12. The van der Waals surface area contributed by atoms with Crippen LogP contribution in [0.5, 0.6) is 0 Å². The number of benzene rings is 2. The Kier molecular flexibility index (Phi) is 5.04. The molecule has 2 amide bonds. The Balaban J connectivity index is 1.47. The van der Waals surface area contributed by atoms with Crippen molar-refractivity contribution >= 4 is 40.2 Å². The molecule has 2 heterocycles. The van der Waals surface area contributed by atoms with Crippen LogP contribution in [0.1, 0.15) is 5.56 Å². The smallest absolute Gasteiger partial charge is 0.248 e. The first-order valence-electron chi connectivity index (χ1n) is 8.70. The highest BCUT2D eigenvalue weighted by atomic mass is 32.2. The van der Waals surface area contributed by atoms with Crippen molar-refractivity contribution in [1.29, 1.82) is 0 Å². The van der Waals surface area contributed by atoms with Gasteiger partial charge in [-0.3, -0.25) is 9.59 Å². The fourth-order valence-electron chi connectivity index (χ4n) is 3.27. The number of rotatable bonds is 4. The number of hydrogen-bond acceptors (Lipinski definition) is 3. The van der Waals surface area contributed by atoms with E-state index in [0.29, 0.717) is 22.8 Å². The summed E-state index contributed by atoms with van der Waals surface area (Å²) in [5.74, 6) is -0.428. The Bertz CT molecular complexity index is 1050. The van der Waals surface area contributed by atoms with E-state index >= 15 is 0 Å². The summed E-state index contributed by atoms with van der Waals surface area (Å²) in [7, 11) is 0. The molecule has 8 heteroatoms. The number of aromatic amines is 1. The second-order valence-corrected chi connectivity index (χ2v) is 7.56. The highest BCUT2D eigenvalue weighted by molar-refractivity contribution is 7.99. The number of nitrogens with zero attached hydrogens (tertiary/aromatic N) is 1. The molecule has 0 saturated carbocycles. The van der Waals surface area contributed by atoms with Gasteiger partial charge in [-0.15, -0.1) is 11.8 Å². The van der Waals surface area contributed by atoms with Gasteiger partial charge in [0.05, 0.1) is 12.3 Å². The lowest BCUT2D eigenvalue weighted by atomic mass is 10.1. The number of nitrogens with one attached hydrogen (secondary N) is 2. The molecule has 2 aromatic carbocycles. The largest absolute Gasteiger partial charge is 0.361 e. The van der Waals surface area contributed by atoms with Gasteiger partial charge in [-0.25, -0.2) is 8.78 Å². The Morgan fingerprint density at radius 1 is 1.18 bits per heavy atom. The summed E-state index contributed by atoms with van der Waals surface area (Å²) in [5, 5.41) is 3.45. The van der Waals surface area contributed by atoms with E-state index in [1.54, 1.807) is 18.3 Å². The Morgan fingerprint density at radius 3 is 2.82 bits per heavy atom. The molecular weight excluding hydrogens is 384 g/mol. The second-order valence-electron chi connectivity index (χ2n) is 6.56. The number of anilines is 1. The highest BCUT2D eigenvalue weighted by Crippen LogP contribution is 2.25. The zero-order valence-electron chi connectivity index (χ0n) is 14.7. The zero-order valence-corrected chi connectivity index (χ0v) is 15.6. The number of halogens is 2. The van der Waals surface area contributed by atoms with E-state index in [0.717, 1.165) is 10.9 Å². The number of carbonyl (C=O) groups excluding carboxylic acids is 2. The minimum atomic E-state index is -0.622. The lowest BCUT2D eigenvalue weighted by Crippen LogP contribution is -2.45. The zero-order chi connectivity index (χ0) is 19.7. The van der Waals surface area contributed by atoms with Gasteiger partial charge in [0.25, 0.3) is 0 Å². The quantitative estimate of drug-likeness (QED) is 0.703. The van der Waals surface area contributed by atoms with Crippen LogP contribution in [-0.2, 0) is 16.0 Å². The Morgan fingerprint density at radius 2 is 2.00 bits per heavy atom. The third-order valence-corrected chi connectivity index (χ3v) is 5.68. The molecule has 1 fully saturated rings. The van der Waals surface area contributed by atoms with Crippen LogP contribution in [0.15, 0.2) is 48.7 Å². The molecule has 0 aliphatic carbocycles. The molecule has 28 heavy (non-hydrogen) atoms. The van der Waals surface area contributed by atoms with Crippen LogP contribution >= 0.6 is 11.8 Å². The van der Waals surface area contributed by atoms with Crippen LogP contribution in [0, 0.1) is 11.6 Å². The molecule has 5 nitrogen and oxygen atoms in total. The molecule has 1 atom stereocenters.